The summed E-state index contributed by atoms with van der Waals surface area (Å²) in [6.07, 6.45) is 11.0. The van der Waals surface area contributed by atoms with Gasteiger partial charge in [-0.3, -0.25) is 4.79 Å². The van der Waals surface area contributed by atoms with Crippen molar-refractivity contribution in [1.82, 2.24) is 24.6 Å². The van der Waals surface area contributed by atoms with E-state index in [0.717, 1.165) is 12.5 Å². The highest BCUT2D eigenvalue weighted by Gasteiger charge is 2.35. The molecule has 1 saturated carbocycles. The fourth-order valence-corrected chi connectivity index (χ4v) is 3.60. The summed E-state index contributed by atoms with van der Waals surface area (Å²) >= 11 is 0. The minimum atomic E-state index is 0.0827. The van der Waals surface area contributed by atoms with Crippen LogP contribution in [0.5, 0.6) is 0 Å². The number of carbonyl (C=O) groups is 1. The number of likely N-dealkylation sites (tertiary alicyclic amines) is 1. The van der Waals surface area contributed by atoms with Crippen LogP contribution in [0.2, 0.25) is 0 Å². The van der Waals surface area contributed by atoms with E-state index >= 15 is 0 Å². The van der Waals surface area contributed by atoms with Crippen LogP contribution in [0.15, 0.2) is 23.2 Å². The van der Waals surface area contributed by atoms with E-state index in [1.807, 2.05) is 0 Å². The van der Waals surface area contributed by atoms with Crippen LogP contribution in [-0.4, -0.2) is 56.8 Å². The van der Waals surface area contributed by atoms with Crippen molar-refractivity contribution in [2.75, 3.05) is 26.3 Å². The fourth-order valence-electron chi connectivity index (χ4n) is 3.60. The van der Waals surface area contributed by atoms with E-state index in [1.165, 1.54) is 25.7 Å². The first-order valence-electron chi connectivity index (χ1n) is 9.41. The molecule has 2 fully saturated rings. The first-order chi connectivity index (χ1) is 12.8. The topological polar surface area (TPSA) is 86.3 Å². The van der Waals surface area contributed by atoms with Gasteiger partial charge in [-0.1, -0.05) is 18.0 Å². The maximum atomic E-state index is 12.2. The molecular weight excluding hydrogens is 334 g/mol. The molecule has 0 unspecified atom stereocenters. The second-order valence-corrected chi connectivity index (χ2v) is 7.25. The van der Waals surface area contributed by atoms with Gasteiger partial charge in [-0.25, -0.2) is 4.98 Å². The summed E-state index contributed by atoms with van der Waals surface area (Å²) in [4.78, 5) is 22.4. The lowest BCUT2D eigenvalue weighted by molar-refractivity contribution is -0.136. The lowest BCUT2D eigenvalue weighted by atomic mass is 10.00. The molecule has 3 heterocycles. The van der Waals surface area contributed by atoms with E-state index < -0.39 is 0 Å². The maximum Gasteiger partial charge on any atom is 0.242 e. The quantitative estimate of drug-likeness (QED) is 0.666. The van der Waals surface area contributed by atoms with Crippen LogP contribution in [0.25, 0.3) is 0 Å². The molecule has 0 N–H and O–H groups in total. The molecule has 1 amide bonds. The smallest absolute Gasteiger partial charge is 0.242 e. The van der Waals surface area contributed by atoms with E-state index in [1.54, 1.807) is 28.2 Å². The number of aromatic nitrogens is 4. The molecule has 1 saturated heterocycles. The third-order valence-electron chi connectivity index (χ3n) is 5.24. The Morgan fingerprint density at radius 3 is 2.92 bits per heavy atom. The number of rotatable bonds is 8. The molecular formula is C18H25N5O3. The number of imidazole rings is 1. The van der Waals surface area contributed by atoms with Crippen molar-refractivity contribution in [2.45, 2.75) is 44.6 Å². The van der Waals surface area contributed by atoms with Gasteiger partial charge in [0.1, 0.15) is 6.54 Å². The normalized spacial score (nSPS) is 18.4. The zero-order chi connectivity index (χ0) is 17.8. The summed E-state index contributed by atoms with van der Waals surface area (Å²) in [5.41, 5.74) is 0. The fraction of sp³-hybridized carbons (Fsp3) is 0.667. The largest absolute Gasteiger partial charge is 0.381 e. The Balaban J connectivity index is 1.16. The molecule has 0 radical (unpaired) electrons. The molecule has 8 heteroatoms. The summed E-state index contributed by atoms with van der Waals surface area (Å²) in [7, 11) is 0. The summed E-state index contributed by atoms with van der Waals surface area (Å²) < 4.78 is 12.9. The van der Waals surface area contributed by atoms with Crippen LogP contribution in [0.4, 0.5) is 0 Å². The van der Waals surface area contributed by atoms with Crippen molar-refractivity contribution in [1.29, 1.82) is 0 Å². The van der Waals surface area contributed by atoms with Gasteiger partial charge < -0.3 is 18.7 Å². The maximum absolute atomic E-state index is 12.2. The summed E-state index contributed by atoms with van der Waals surface area (Å²) in [6, 6.07) is 0. The van der Waals surface area contributed by atoms with Gasteiger partial charge in [-0.2, -0.15) is 4.98 Å². The van der Waals surface area contributed by atoms with E-state index in [-0.39, 0.29) is 11.8 Å². The second-order valence-electron chi connectivity index (χ2n) is 7.25. The van der Waals surface area contributed by atoms with Crippen molar-refractivity contribution in [2.24, 2.45) is 5.92 Å². The Morgan fingerprint density at radius 2 is 2.15 bits per heavy atom. The van der Waals surface area contributed by atoms with Crippen LogP contribution >= 0.6 is 0 Å². The Morgan fingerprint density at radius 1 is 1.31 bits per heavy atom. The third kappa shape index (κ3) is 4.12. The summed E-state index contributed by atoms with van der Waals surface area (Å²) in [6.45, 7) is 3.07. The molecule has 0 spiro atoms. The minimum Gasteiger partial charge on any atom is -0.381 e. The highest BCUT2D eigenvalue weighted by Crippen LogP contribution is 2.26. The van der Waals surface area contributed by atoms with E-state index in [2.05, 4.69) is 15.1 Å². The molecule has 0 aromatic carbocycles. The van der Waals surface area contributed by atoms with Crippen LogP contribution in [0, 0.1) is 5.92 Å². The van der Waals surface area contributed by atoms with Crippen molar-refractivity contribution in [3.63, 3.8) is 0 Å². The zero-order valence-electron chi connectivity index (χ0n) is 14.9. The van der Waals surface area contributed by atoms with Gasteiger partial charge in [0.2, 0.25) is 11.8 Å². The lowest BCUT2D eigenvalue weighted by Crippen LogP contribution is -2.49. The molecule has 2 aliphatic rings. The number of nitrogens with zero attached hydrogens (tertiary/aromatic N) is 5. The molecule has 0 atom stereocenters. The molecule has 2 aromatic rings. The van der Waals surface area contributed by atoms with E-state index in [9.17, 15) is 4.79 Å². The number of hydrogen-bond acceptors (Lipinski definition) is 6. The van der Waals surface area contributed by atoms with Crippen LogP contribution in [0.3, 0.4) is 0 Å². The average molecular weight is 359 g/mol. The molecule has 140 valence electrons. The first kappa shape index (κ1) is 17.2. The van der Waals surface area contributed by atoms with Crippen LogP contribution in [0.1, 0.15) is 43.3 Å². The van der Waals surface area contributed by atoms with Crippen molar-refractivity contribution >= 4 is 5.91 Å². The van der Waals surface area contributed by atoms with Gasteiger partial charge in [0.25, 0.3) is 0 Å². The highest BCUT2D eigenvalue weighted by atomic mass is 16.5. The van der Waals surface area contributed by atoms with Gasteiger partial charge in [-0.05, 0) is 18.8 Å². The number of carbonyl (C=O) groups excluding carboxylic acids is 1. The summed E-state index contributed by atoms with van der Waals surface area (Å²) in [5.74, 6) is 2.27. The second kappa shape index (κ2) is 7.99. The van der Waals surface area contributed by atoms with Gasteiger partial charge in [-0.15, -0.1) is 0 Å². The molecule has 8 nitrogen and oxygen atoms in total. The summed E-state index contributed by atoms with van der Waals surface area (Å²) in [5, 5.41) is 4.04. The van der Waals surface area contributed by atoms with Crippen molar-refractivity contribution < 1.29 is 14.1 Å². The Kier molecular flexibility index (Phi) is 5.29. The average Bonchev–Trinajstić information content (AvgIpc) is 3.33. The monoisotopic (exact) mass is 359 g/mol. The standard InChI is InChI=1S/C18H25N5O3/c24-17(11-22-7-6-19-13-22)23-9-15(10-23)18-20-16(21-26-18)5-8-25-12-14-3-1-2-4-14/h6-7,13-15H,1-5,8-12H2. The molecule has 0 bridgehead atoms. The number of amides is 1. The van der Waals surface area contributed by atoms with E-state index in [4.69, 9.17) is 9.26 Å². The van der Waals surface area contributed by atoms with Crippen molar-refractivity contribution in [3.8, 4) is 0 Å². The predicted octanol–water partition coefficient (Wildman–Crippen LogP) is 1.64. The highest BCUT2D eigenvalue weighted by molar-refractivity contribution is 5.77. The van der Waals surface area contributed by atoms with Gasteiger partial charge in [0.15, 0.2) is 5.82 Å². The molecule has 2 aromatic heterocycles. The van der Waals surface area contributed by atoms with Gasteiger partial charge in [0, 0.05) is 38.5 Å². The Labute approximate surface area is 152 Å². The predicted molar refractivity (Wildman–Crippen MR) is 92.3 cm³/mol. The molecule has 26 heavy (non-hydrogen) atoms. The Hall–Kier alpha value is -2.22. The molecule has 1 aliphatic heterocycles. The SMILES string of the molecule is O=C(Cn1ccnc1)N1CC(c2nc(CCOCC3CCCC3)no2)C1. The van der Waals surface area contributed by atoms with Gasteiger partial charge >= 0.3 is 0 Å². The third-order valence-corrected chi connectivity index (χ3v) is 5.24. The first-order valence-corrected chi connectivity index (χ1v) is 9.41. The van der Waals surface area contributed by atoms with Gasteiger partial charge in [0.05, 0.1) is 18.9 Å². The van der Waals surface area contributed by atoms with Crippen LogP contribution < -0.4 is 0 Å². The molecule has 1 aliphatic carbocycles. The Bertz CT molecular complexity index is 702. The molecule has 4 rings (SSSR count). The van der Waals surface area contributed by atoms with Crippen LogP contribution in [-0.2, 0) is 22.5 Å². The van der Waals surface area contributed by atoms with E-state index in [0.29, 0.717) is 44.4 Å². The van der Waals surface area contributed by atoms with Crippen molar-refractivity contribution in [3.05, 3.63) is 30.4 Å². The zero-order valence-corrected chi connectivity index (χ0v) is 14.9. The number of hydrogen-bond donors (Lipinski definition) is 0. The lowest BCUT2D eigenvalue weighted by Gasteiger charge is -2.37. The minimum absolute atomic E-state index is 0.0827. The number of ether oxygens (including phenoxy) is 1.